The van der Waals surface area contributed by atoms with Gasteiger partial charge in [0, 0.05) is 56.7 Å². The molecule has 1 aliphatic rings. The summed E-state index contributed by atoms with van der Waals surface area (Å²) in [7, 11) is 0. The third kappa shape index (κ3) is 3.53. The van der Waals surface area contributed by atoms with Gasteiger partial charge in [0.05, 0.1) is 0 Å². The molecular weight excluding hydrogens is 236 g/mol. The van der Waals surface area contributed by atoms with Crippen molar-refractivity contribution in [3.05, 3.63) is 30.1 Å². The van der Waals surface area contributed by atoms with Crippen LogP contribution in [-0.4, -0.2) is 53.0 Å². The molecule has 2 rings (SSSR count). The summed E-state index contributed by atoms with van der Waals surface area (Å²) in [4.78, 5) is 9.13. The van der Waals surface area contributed by atoms with Crippen LogP contribution in [0, 0.1) is 0 Å². The zero-order valence-electron chi connectivity index (χ0n) is 12.3. The number of rotatable bonds is 3. The van der Waals surface area contributed by atoms with Crippen LogP contribution in [0.4, 0.5) is 0 Å². The topological polar surface area (TPSA) is 45.4 Å². The molecular formula is C15H26N4. The van der Waals surface area contributed by atoms with Gasteiger partial charge in [-0.25, -0.2) is 0 Å². The number of hydrogen-bond acceptors (Lipinski definition) is 4. The highest BCUT2D eigenvalue weighted by atomic mass is 15.3. The first-order chi connectivity index (χ1) is 9.02. The lowest BCUT2D eigenvalue weighted by atomic mass is 10.0. The van der Waals surface area contributed by atoms with E-state index in [1.165, 1.54) is 5.56 Å². The van der Waals surface area contributed by atoms with Gasteiger partial charge >= 0.3 is 0 Å². The van der Waals surface area contributed by atoms with Crippen molar-refractivity contribution in [2.24, 2.45) is 5.73 Å². The normalized spacial score (nSPS) is 20.4. The molecule has 1 aromatic heterocycles. The van der Waals surface area contributed by atoms with Crippen LogP contribution >= 0.6 is 0 Å². The molecule has 19 heavy (non-hydrogen) atoms. The molecule has 0 radical (unpaired) electrons. The number of nitrogens with zero attached hydrogens (tertiary/aromatic N) is 3. The summed E-state index contributed by atoms with van der Waals surface area (Å²) in [5.41, 5.74) is 7.52. The van der Waals surface area contributed by atoms with Gasteiger partial charge in [0.2, 0.25) is 0 Å². The van der Waals surface area contributed by atoms with E-state index in [2.05, 4.69) is 47.7 Å². The minimum absolute atomic E-state index is 0.265. The Morgan fingerprint density at radius 1 is 1.16 bits per heavy atom. The van der Waals surface area contributed by atoms with Crippen molar-refractivity contribution in [2.45, 2.75) is 32.4 Å². The molecule has 4 heteroatoms. The van der Waals surface area contributed by atoms with Crippen LogP contribution in [0.25, 0.3) is 0 Å². The van der Waals surface area contributed by atoms with Gasteiger partial charge < -0.3 is 5.73 Å². The summed E-state index contributed by atoms with van der Waals surface area (Å²) in [6, 6.07) is 4.48. The molecule has 1 saturated heterocycles. The third-order valence-electron chi connectivity index (χ3n) is 4.02. The SMILES string of the molecule is CC(C)(C)N1CCN(C(CN)c2ccncc2)CC1. The van der Waals surface area contributed by atoms with Crippen LogP contribution in [0.5, 0.6) is 0 Å². The summed E-state index contributed by atoms with van der Waals surface area (Å²) in [5.74, 6) is 0. The van der Waals surface area contributed by atoms with Crippen molar-refractivity contribution in [1.29, 1.82) is 0 Å². The molecule has 0 bridgehead atoms. The molecule has 1 aromatic rings. The van der Waals surface area contributed by atoms with Crippen LogP contribution in [0.3, 0.4) is 0 Å². The van der Waals surface area contributed by atoms with Gasteiger partial charge in [-0.1, -0.05) is 0 Å². The Morgan fingerprint density at radius 2 is 1.74 bits per heavy atom. The minimum Gasteiger partial charge on any atom is -0.329 e. The van der Waals surface area contributed by atoms with Crippen molar-refractivity contribution in [3.8, 4) is 0 Å². The van der Waals surface area contributed by atoms with Gasteiger partial charge in [0.25, 0.3) is 0 Å². The second-order valence-electron chi connectivity index (χ2n) is 6.23. The first-order valence-electron chi connectivity index (χ1n) is 7.11. The second kappa shape index (κ2) is 5.99. The molecule has 1 fully saturated rings. The highest BCUT2D eigenvalue weighted by molar-refractivity contribution is 5.16. The van der Waals surface area contributed by atoms with Crippen molar-refractivity contribution in [1.82, 2.24) is 14.8 Å². The Kier molecular flexibility index (Phi) is 4.55. The number of piperazine rings is 1. The van der Waals surface area contributed by atoms with Gasteiger partial charge in [-0.05, 0) is 38.5 Å². The Bertz CT molecular complexity index is 377. The molecule has 0 spiro atoms. The Balaban J connectivity index is 2.00. The predicted molar refractivity (Wildman–Crippen MR) is 78.9 cm³/mol. The van der Waals surface area contributed by atoms with Gasteiger partial charge in [0.1, 0.15) is 0 Å². The standard InChI is InChI=1S/C15H26N4/c1-15(2,3)19-10-8-18(9-11-19)14(12-16)13-4-6-17-7-5-13/h4-7,14H,8-12,16H2,1-3H3. The Hall–Kier alpha value is -0.970. The second-order valence-corrected chi connectivity index (χ2v) is 6.23. The lowest BCUT2D eigenvalue weighted by Crippen LogP contribution is -2.54. The molecule has 1 aliphatic heterocycles. The fourth-order valence-corrected chi connectivity index (χ4v) is 2.79. The molecule has 2 heterocycles. The summed E-state index contributed by atoms with van der Waals surface area (Å²) >= 11 is 0. The number of hydrogen-bond donors (Lipinski definition) is 1. The van der Waals surface area contributed by atoms with E-state index in [1.807, 2.05) is 12.4 Å². The zero-order valence-corrected chi connectivity index (χ0v) is 12.3. The monoisotopic (exact) mass is 262 g/mol. The summed E-state index contributed by atoms with van der Waals surface area (Å²) in [6.45, 7) is 11.9. The smallest absolute Gasteiger partial charge is 0.0472 e. The van der Waals surface area contributed by atoms with E-state index in [-0.39, 0.29) is 5.54 Å². The van der Waals surface area contributed by atoms with E-state index in [1.54, 1.807) is 0 Å². The molecule has 0 aromatic carbocycles. The van der Waals surface area contributed by atoms with E-state index >= 15 is 0 Å². The van der Waals surface area contributed by atoms with Crippen molar-refractivity contribution in [2.75, 3.05) is 32.7 Å². The van der Waals surface area contributed by atoms with Crippen LogP contribution in [0.15, 0.2) is 24.5 Å². The van der Waals surface area contributed by atoms with Crippen LogP contribution in [0.2, 0.25) is 0 Å². The largest absolute Gasteiger partial charge is 0.329 e. The molecule has 0 amide bonds. The Morgan fingerprint density at radius 3 is 2.21 bits per heavy atom. The fourth-order valence-electron chi connectivity index (χ4n) is 2.79. The Labute approximate surface area is 116 Å². The quantitative estimate of drug-likeness (QED) is 0.896. The van der Waals surface area contributed by atoms with Crippen molar-refractivity contribution >= 4 is 0 Å². The van der Waals surface area contributed by atoms with Gasteiger partial charge in [-0.15, -0.1) is 0 Å². The highest BCUT2D eigenvalue weighted by Crippen LogP contribution is 2.23. The van der Waals surface area contributed by atoms with Crippen LogP contribution < -0.4 is 5.73 Å². The lowest BCUT2D eigenvalue weighted by molar-refractivity contribution is 0.0433. The maximum absolute atomic E-state index is 5.98. The minimum atomic E-state index is 0.265. The molecule has 4 nitrogen and oxygen atoms in total. The molecule has 0 aliphatic carbocycles. The van der Waals surface area contributed by atoms with E-state index in [9.17, 15) is 0 Å². The number of nitrogens with two attached hydrogens (primary N) is 1. The first kappa shape index (κ1) is 14.4. The van der Waals surface area contributed by atoms with E-state index in [4.69, 9.17) is 5.73 Å². The third-order valence-corrected chi connectivity index (χ3v) is 4.02. The van der Waals surface area contributed by atoms with Crippen LogP contribution in [0.1, 0.15) is 32.4 Å². The molecule has 2 N–H and O–H groups in total. The maximum atomic E-state index is 5.98. The average Bonchev–Trinajstić information content (AvgIpc) is 2.40. The molecule has 0 saturated carbocycles. The molecule has 1 unspecified atom stereocenters. The lowest BCUT2D eigenvalue weighted by Gasteiger charge is -2.44. The van der Waals surface area contributed by atoms with Crippen molar-refractivity contribution < 1.29 is 0 Å². The predicted octanol–water partition coefficient (Wildman–Crippen LogP) is 1.50. The zero-order chi connectivity index (χ0) is 13.9. The molecule has 106 valence electrons. The van der Waals surface area contributed by atoms with Gasteiger partial charge in [0.15, 0.2) is 0 Å². The summed E-state index contributed by atoms with van der Waals surface area (Å²) in [6.07, 6.45) is 3.70. The summed E-state index contributed by atoms with van der Waals surface area (Å²) < 4.78 is 0. The van der Waals surface area contributed by atoms with E-state index in [0.717, 1.165) is 26.2 Å². The first-order valence-corrected chi connectivity index (χ1v) is 7.11. The maximum Gasteiger partial charge on any atom is 0.0472 e. The fraction of sp³-hybridized carbons (Fsp3) is 0.667. The molecule has 1 atom stereocenters. The number of aromatic nitrogens is 1. The van der Waals surface area contributed by atoms with E-state index in [0.29, 0.717) is 12.6 Å². The highest BCUT2D eigenvalue weighted by Gasteiger charge is 2.29. The van der Waals surface area contributed by atoms with E-state index < -0.39 is 0 Å². The van der Waals surface area contributed by atoms with Gasteiger partial charge in [-0.3, -0.25) is 14.8 Å². The van der Waals surface area contributed by atoms with Crippen molar-refractivity contribution in [3.63, 3.8) is 0 Å². The summed E-state index contributed by atoms with van der Waals surface area (Å²) in [5, 5.41) is 0. The number of pyridine rings is 1. The van der Waals surface area contributed by atoms with Gasteiger partial charge in [-0.2, -0.15) is 0 Å². The average molecular weight is 262 g/mol. The van der Waals surface area contributed by atoms with Crippen LogP contribution in [-0.2, 0) is 0 Å².